The van der Waals surface area contributed by atoms with Crippen molar-refractivity contribution in [2.45, 2.75) is 0 Å². The van der Waals surface area contributed by atoms with Crippen LogP contribution in [0.25, 0.3) is 0 Å². The van der Waals surface area contributed by atoms with Crippen molar-refractivity contribution >= 4 is 23.2 Å². The molecule has 1 rings (SSSR count). The standard InChI is InChI=1S/C8H8ClN3O4/c1-10-8(15)6(12-16)5-4(9)7(14)3(13)2-11-5/h2,13,16H,1H3,(H,10,15)(H,11,14). The highest BCUT2D eigenvalue weighted by molar-refractivity contribution is 6.48. The average molecular weight is 246 g/mol. The van der Waals surface area contributed by atoms with Crippen molar-refractivity contribution in [2.75, 3.05) is 7.05 Å². The number of carbonyl (C=O) groups excluding carboxylic acids is 1. The van der Waals surface area contributed by atoms with Crippen molar-refractivity contribution in [2.24, 2.45) is 5.16 Å². The van der Waals surface area contributed by atoms with Gasteiger partial charge in [0, 0.05) is 13.2 Å². The van der Waals surface area contributed by atoms with Crippen molar-refractivity contribution in [1.29, 1.82) is 0 Å². The van der Waals surface area contributed by atoms with E-state index in [1.807, 2.05) is 0 Å². The highest BCUT2D eigenvalue weighted by Crippen LogP contribution is 2.13. The number of oxime groups is 1. The molecular formula is C8H8ClN3O4. The van der Waals surface area contributed by atoms with E-state index in [9.17, 15) is 9.59 Å². The van der Waals surface area contributed by atoms with Crippen molar-refractivity contribution in [1.82, 2.24) is 10.3 Å². The van der Waals surface area contributed by atoms with Crippen molar-refractivity contribution in [3.05, 3.63) is 27.1 Å². The minimum Gasteiger partial charge on any atom is -0.503 e. The molecule has 16 heavy (non-hydrogen) atoms. The lowest BCUT2D eigenvalue weighted by atomic mass is 10.2. The highest BCUT2D eigenvalue weighted by atomic mass is 35.5. The van der Waals surface area contributed by atoms with Crippen LogP contribution >= 0.6 is 11.6 Å². The normalized spacial score (nSPS) is 11.2. The first-order valence-electron chi connectivity index (χ1n) is 4.07. The van der Waals surface area contributed by atoms with Gasteiger partial charge in [-0.05, 0) is 0 Å². The summed E-state index contributed by atoms with van der Waals surface area (Å²) < 4.78 is 0. The van der Waals surface area contributed by atoms with Gasteiger partial charge in [0.1, 0.15) is 5.02 Å². The molecule has 0 aliphatic rings. The second-order valence-electron chi connectivity index (χ2n) is 2.72. The minimum atomic E-state index is -0.861. The Morgan fingerprint density at radius 2 is 2.25 bits per heavy atom. The number of nitrogens with one attached hydrogen (secondary N) is 2. The van der Waals surface area contributed by atoms with Crippen molar-refractivity contribution < 1.29 is 15.1 Å². The number of likely N-dealkylation sites (N-methyl/N-ethyl adjacent to an activating group) is 1. The molecule has 0 spiro atoms. The van der Waals surface area contributed by atoms with Gasteiger partial charge in [-0.1, -0.05) is 16.8 Å². The van der Waals surface area contributed by atoms with Gasteiger partial charge < -0.3 is 20.6 Å². The summed E-state index contributed by atoms with van der Waals surface area (Å²) in [4.78, 5) is 24.9. The van der Waals surface area contributed by atoms with Gasteiger partial charge in [0.2, 0.25) is 5.43 Å². The van der Waals surface area contributed by atoms with E-state index in [4.69, 9.17) is 21.9 Å². The fraction of sp³-hybridized carbons (Fsp3) is 0.125. The molecule has 0 saturated heterocycles. The predicted molar refractivity (Wildman–Crippen MR) is 56.1 cm³/mol. The third-order valence-electron chi connectivity index (χ3n) is 1.78. The predicted octanol–water partition coefficient (Wildman–Crippen LogP) is -0.342. The van der Waals surface area contributed by atoms with Crippen LogP contribution in [0.15, 0.2) is 16.1 Å². The maximum Gasteiger partial charge on any atom is 0.275 e. The maximum absolute atomic E-state index is 11.3. The lowest BCUT2D eigenvalue weighted by Gasteiger charge is -2.05. The molecule has 1 aromatic heterocycles. The van der Waals surface area contributed by atoms with Gasteiger partial charge in [-0.15, -0.1) is 0 Å². The molecule has 0 fully saturated rings. The summed E-state index contributed by atoms with van der Waals surface area (Å²) in [5.74, 6) is -1.33. The Morgan fingerprint density at radius 1 is 1.62 bits per heavy atom. The van der Waals surface area contributed by atoms with Crippen LogP contribution in [-0.4, -0.2) is 34.0 Å². The summed E-state index contributed by atoms with van der Waals surface area (Å²) in [6.45, 7) is 0. The van der Waals surface area contributed by atoms with E-state index in [0.29, 0.717) is 0 Å². The number of aromatic amines is 1. The number of carbonyl (C=O) groups is 1. The molecule has 0 aliphatic carbocycles. The summed E-state index contributed by atoms with van der Waals surface area (Å²) in [6, 6.07) is 0. The van der Waals surface area contributed by atoms with Gasteiger partial charge in [-0.3, -0.25) is 9.59 Å². The van der Waals surface area contributed by atoms with E-state index in [0.717, 1.165) is 6.20 Å². The van der Waals surface area contributed by atoms with E-state index in [1.165, 1.54) is 7.05 Å². The van der Waals surface area contributed by atoms with Crippen LogP contribution in [0.3, 0.4) is 0 Å². The molecule has 4 N–H and O–H groups in total. The van der Waals surface area contributed by atoms with Crippen LogP contribution in [0.4, 0.5) is 0 Å². The molecule has 0 atom stereocenters. The van der Waals surface area contributed by atoms with E-state index in [2.05, 4.69) is 15.5 Å². The zero-order valence-corrected chi connectivity index (χ0v) is 8.87. The molecule has 0 radical (unpaired) electrons. The van der Waals surface area contributed by atoms with Gasteiger partial charge in [0.15, 0.2) is 11.5 Å². The fourth-order valence-corrected chi connectivity index (χ4v) is 1.24. The topological polar surface area (TPSA) is 115 Å². The Kier molecular flexibility index (Phi) is 3.51. The van der Waals surface area contributed by atoms with Gasteiger partial charge >= 0.3 is 0 Å². The first-order chi connectivity index (χ1) is 7.52. The van der Waals surface area contributed by atoms with E-state index in [-0.39, 0.29) is 5.69 Å². The number of halogens is 1. The number of hydrogen-bond donors (Lipinski definition) is 4. The molecule has 0 aliphatic heterocycles. The largest absolute Gasteiger partial charge is 0.503 e. The highest BCUT2D eigenvalue weighted by Gasteiger charge is 2.20. The minimum absolute atomic E-state index is 0.175. The van der Waals surface area contributed by atoms with Crippen LogP contribution < -0.4 is 10.7 Å². The maximum atomic E-state index is 11.3. The number of rotatable bonds is 2. The van der Waals surface area contributed by atoms with E-state index >= 15 is 0 Å². The zero-order chi connectivity index (χ0) is 12.3. The lowest BCUT2D eigenvalue weighted by molar-refractivity contribution is -0.114. The number of aromatic hydroxyl groups is 1. The smallest absolute Gasteiger partial charge is 0.275 e. The summed E-state index contributed by atoms with van der Waals surface area (Å²) in [6.07, 6.45) is 0.942. The van der Waals surface area contributed by atoms with Gasteiger partial charge in [-0.2, -0.15) is 0 Å². The number of nitrogens with zero attached hydrogens (tertiary/aromatic N) is 1. The Hall–Kier alpha value is -2.02. The second kappa shape index (κ2) is 4.67. The average Bonchev–Trinajstić information content (AvgIpc) is 2.29. The molecular weight excluding hydrogens is 238 g/mol. The van der Waals surface area contributed by atoms with Gasteiger partial charge in [-0.25, -0.2) is 0 Å². The molecule has 1 heterocycles. The first-order valence-corrected chi connectivity index (χ1v) is 4.45. The molecule has 0 saturated carbocycles. The summed E-state index contributed by atoms with van der Waals surface area (Å²) in [7, 11) is 1.32. The van der Waals surface area contributed by atoms with E-state index < -0.39 is 27.8 Å². The monoisotopic (exact) mass is 245 g/mol. The third kappa shape index (κ3) is 1.98. The summed E-state index contributed by atoms with van der Waals surface area (Å²) in [5.41, 5.74) is -1.49. The van der Waals surface area contributed by atoms with Crippen LogP contribution in [0.1, 0.15) is 5.69 Å². The molecule has 1 amide bonds. The number of aromatic nitrogens is 1. The fourth-order valence-electron chi connectivity index (χ4n) is 0.995. The second-order valence-corrected chi connectivity index (χ2v) is 3.10. The van der Waals surface area contributed by atoms with Gasteiger partial charge in [0.05, 0.1) is 5.69 Å². The number of pyridine rings is 1. The molecule has 0 unspecified atom stereocenters. The first kappa shape index (κ1) is 12.1. The zero-order valence-electron chi connectivity index (χ0n) is 8.11. The number of amides is 1. The van der Waals surface area contributed by atoms with Crippen molar-refractivity contribution in [3.8, 4) is 5.75 Å². The summed E-state index contributed by atoms with van der Waals surface area (Å²) >= 11 is 5.60. The molecule has 0 aromatic carbocycles. The molecule has 7 nitrogen and oxygen atoms in total. The molecule has 1 aromatic rings. The lowest BCUT2D eigenvalue weighted by Crippen LogP contribution is -2.30. The Bertz CT molecular complexity index is 508. The number of hydrogen-bond acceptors (Lipinski definition) is 5. The number of H-pyrrole nitrogens is 1. The third-order valence-corrected chi connectivity index (χ3v) is 2.14. The van der Waals surface area contributed by atoms with Gasteiger partial charge in [0.25, 0.3) is 5.91 Å². The van der Waals surface area contributed by atoms with Crippen LogP contribution in [-0.2, 0) is 4.79 Å². The van der Waals surface area contributed by atoms with Crippen LogP contribution in [0.5, 0.6) is 5.75 Å². The van der Waals surface area contributed by atoms with Crippen LogP contribution in [0, 0.1) is 0 Å². The molecule has 0 bridgehead atoms. The van der Waals surface area contributed by atoms with E-state index in [1.54, 1.807) is 0 Å². The molecule has 8 heteroatoms. The quantitative estimate of drug-likeness (QED) is 0.324. The Morgan fingerprint density at radius 3 is 2.75 bits per heavy atom. The Balaban J connectivity index is 3.40. The summed E-state index contributed by atoms with van der Waals surface area (Å²) in [5, 5.41) is 22.2. The van der Waals surface area contributed by atoms with Crippen LogP contribution in [0.2, 0.25) is 5.02 Å². The SMILES string of the molecule is CNC(=O)C(=NO)c1[nH]cc(O)c(=O)c1Cl. The molecule has 86 valence electrons. The van der Waals surface area contributed by atoms with Crippen molar-refractivity contribution in [3.63, 3.8) is 0 Å². The Labute approximate surface area is 94.4 Å².